The zero-order valence-corrected chi connectivity index (χ0v) is 9.53. The van der Waals surface area contributed by atoms with Crippen LogP contribution in [0.1, 0.15) is 39.0 Å². The summed E-state index contributed by atoms with van der Waals surface area (Å²) >= 11 is 0. The number of rotatable bonds is 3. The lowest BCUT2D eigenvalue weighted by Crippen LogP contribution is -2.60. The van der Waals surface area contributed by atoms with Gasteiger partial charge in [-0.1, -0.05) is 13.8 Å². The zero-order valence-electron chi connectivity index (χ0n) is 9.53. The minimum Gasteiger partial charge on any atom is -0.468 e. The van der Waals surface area contributed by atoms with Crippen molar-refractivity contribution in [1.82, 2.24) is 5.32 Å². The van der Waals surface area contributed by atoms with E-state index in [1.165, 1.54) is 0 Å². The van der Waals surface area contributed by atoms with Gasteiger partial charge in [0, 0.05) is 11.5 Å². The lowest BCUT2D eigenvalue weighted by atomic mass is 9.64. The molecule has 1 saturated carbocycles. The molecule has 0 spiro atoms. The first kappa shape index (κ1) is 10.7. The molecule has 0 bridgehead atoms. The van der Waals surface area contributed by atoms with Crippen molar-refractivity contribution in [2.75, 3.05) is 0 Å². The largest absolute Gasteiger partial charge is 0.468 e. The van der Waals surface area contributed by atoms with Crippen LogP contribution in [0.4, 0.5) is 0 Å². The highest BCUT2D eigenvalue weighted by atomic mass is 16.3. The second-order valence-electron chi connectivity index (χ2n) is 5.03. The van der Waals surface area contributed by atoms with E-state index >= 15 is 0 Å². The van der Waals surface area contributed by atoms with Gasteiger partial charge in [0.15, 0.2) is 0 Å². The number of hydrogen-bond acceptors (Lipinski definition) is 3. The molecule has 1 fully saturated rings. The molecule has 84 valence electrons. The van der Waals surface area contributed by atoms with Gasteiger partial charge in [-0.2, -0.15) is 0 Å². The van der Waals surface area contributed by atoms with Gasteiger partial charge in [0.05, 0.1) is 18.4 Å². The fraction of sp³-hybridized carbons (Fsp3) is 0.667. The van der Waals surface area contributed by atoms with E-state index in [9.17, 15) is 5.11 Å². The number of hydrogen-bond donors (Lipinski definition) is 2. The molecule has 15 heavy (non-hydrogen) atoms. The minimum atomic E-state index is -0.182. The number of nitrogens with one attached hydrogen (secondary N) is 1. The summed E-state index contributed by atoms with van der Waals surface area (Å²) in [6.07, 6.45) is 2.34. The van der Waals surface area contributed by atoms with Crippen molar-refractivity contribution in [3.63, 3.8) is 0 Å². The molecular weight excluding hydrogens is 190 g/mol. The SMILES string of the molecule is CC(NC1CC(O)C1(C)C)c1ccco1. The van der Waals surface area contributed by atoms with Gasteiger partial charge < -0.3 is 14.8 Å². The quantitative estimate of drug-likeness (QED) is 0.801. The van der Waals surface area contributed by atoms with E-state index in [0.717, 1.165) is 12.2 Å². The molecule has 0 aromatic carbocycles. The number of aliphatic hydroxyl groups is 1. The van der Waals surface area contributed by atoms with Crippen LogP contribution in [0.15, 0.2) is 22.8 Å². The maximum atomic E-state index is 9.63. The summed E-state index contributed by atoms with van der Waals surface area (Å²) in [5, 5.41) is 13.1. The molecule has 2 rings (SSSR count). The van der Waals surface area contributed by atoms with Crippen molar-refractivity contribution in [3.05, 3.63) is 24.2 Å². The number of furan rings is 1. The van der Waals surface area contributed by atoms with Crippen LogP contribution >= 0.6 is 0 Å². The van der Waals surface area contributed by atoms with Gasteiger partial charge >= 0.3 is 0 Å². The molecule has 1 aliphatic carbocycles. The summed E-state index contributed by atoms with van der Waals surface area (Å²) in [7, 11) is 0. The Hall–Kier alpha value is -0.800. The molecule has 2 N–H and O–H groups in total. The van der Waals surface area contributed by atoms with Crippen molar-refractivity contribution in [2.24, 2.45) is 5.41 Å². The van der Waals surface area contributed by atoms with Crippen LogP contribution in [0.25, 0.3) is 0 Å². The molecular formula is C12H19NO2. The first-order valence-corrected chi connectivity index (χ1v) is 5.49. The lowest BCUT2D eigenvalue weighted by Gasteiger charge is -2.50. The predicted octanol–water partition coefficient (Wildman–Crippen LogP) is 2.09. The highest BCUT2D eigenvalue weighted by Crippen LogP contribution is 2.41. The van der Waals surface area contributed by atoms with Crippen LogP contribution < -0.4 is 5.32 Å². The molecule has 0 radical (unpaired) electrons. The Kier molecular flexibility index (Phi) is 2.61. The lowest BCUT2D eigenvalue weighted by molar-refractivity contribution is -0.0760. The third kappa shape index (κ3) is 1.82. The van der Waals surface area contributed by atoms with Crippen LogP contribution in [0.2, 0.25) is 0 Å². The highest BCUT2D eigenvalue weighted by Gasteiger charge is 2.47. The average molecular weight is 209 g/mol. The fourth-order valence-electron chi connectivity index (χ4n) is 2.11. The first-order chi connectivity index (χ1) is 7.01. The van der Waals surface area contributed by atoms with E-state index in [0.29, 0.717) is 6.04 Å². The second-order valence-corrected chi connectivity index (χ2v) is 5.03. The predicted molar refractivity (Wildman–Crippen MR) is 58.5 cm³/mol. The molecule has 0 saturated heterocycles. The molecule has 1 aliphatic rings. The van der Waals surface area contributed by atoms with E-state index in [1.54, 1.807) is 6.26 Å². The third-order valence-corrected chi connectivity index (χ3v) is 3.64. The number of aliphatic hydroxyl groups excluding tert-OH is 1. The molecule has 3 nitrogen and oxygen atoms in total. The monoisotopic (exact) mass is 209 g/mol. The second kappa shape index (κ2) is 3.65. The van der Waals surface area contributed by atoms with Crippen molar-refractivity contribution in [3.8, 4) is 0 Å². The summed E-state index contributed by atoms with van der Waals surface area (Å²) < 4.78 is 5.33. The average Bonchev–Trinajstić information content (AvgIpc) is 2.70. The van der Waals surface area contributed by atoms with E-state index in [4.69, 9.17) is 4.42 Å². The maximum Gasteiger partial charge on any atom is 0.120 e. The molecule has 1 aromatic heterocycles. The summed E-state index contributed by atoms with van der Waals surface area (Å²) in [5.41, 5.74) is -0.0269. The van der Waals surface area contributed by atoms with Crippen LogP contribution in [0.5, 0.6) is 0 Å². The summed E-state index contributed by atoms with van der Waals surface area (Å²) in [4.78, 5) is 0. The summed E-state index contributed by atoms with van der Waals surface area (Å²) in [5.74, 6) is 0.951. The Morgan fingerprint density at radius 1 is 1.60 bits per heavy atom. The first-order valence-electron chi connectivity index (χ1n) is 5.49. The topological polar surface area (TPSA) is 45.4 Å². The van der Waals surface area contributed by atoms with E-state index in [1.807, 2.05) is 12.1 Å². The van der Waals surface area contributed by atoms with Gasteiger partial charge in [-0.05, 0) is 25.5 Å². The van der Waals surface area contributed by atoms with Gasteiger partial charge in [-0.25, -0.2) is 0 Å². The Balaban J connectivity index is 1.94. The van der Waals surface area contributed by atoms with E-state index in [-0.39, 0.29) is 17.6 Å². The van der Waals surface area contributed by atoms with Crippen LogP contribution in [0.3, 0.4) is 0 Å². The molecule has 1 heterocycles. The Morgan fingerprint density at radius 3 is 2.80 bits per heavy atom. The fourth-order valence-corrected chi connectivity index (χ4v) is 2.11. The van der Waals surface area contributed by atoms with Gasteiger partial charge in [-0.15, -0.1) is 0 Å². The van der Waals surface area contributed by atoms with Gasteiger partial charge in [0.2, 0.25) is 0 Å². The Labute approximate surface area is 90.5 Å². The summed E-state index contributed by atoms with van der Waals surface area (Å²) in [6.45, 7) is 6.26. The van der Waals surface area contributed by atoms with Gasteiger partial charge in [-0.3, -0.25) is 0 Å². The molecule has 3 unspecified atom stereocenters. The van der Waals surface area contributed by atoms with Gasteiger partial charge in [0.1, 0.15) is 5.76 Å². The molecule has 3 atom stereocenters. The van der Waals surface area contributed by atoms with Crippen molar-refractivity contribution < 1.29 is 9.52 Å². The van der Waals surface area contributed by atoms with E-state index < -0.39 is 0 Å². The van der Waals surface area contributed by atoms with Crippen molar-refractivity contribution in [2.45, 2.75) is 45.4 Å². The zero-order chi connectivity index (χ0) is 11.1. The van der Waals surface area contributed by atoms with Crippen molar-refractivity contribution >= 4 is 0 Å². The van der Waals surface area contributed by atoms with E-state index in [2.05, 4.69) is 26.1 Å². The van der Waals surface area contributed by atoms with Crippen LogP contribution in [0, 0.1) is 5.41 Å². The standard InChI is InChI=1S/C12H19NO2/c1-8(9-5-4-6-15-9)13-10-7-11(14)12(10,2)3/h4-6,8,10-11,13-14H,7H2,1-3H3. The molecule has 0 aliphatic heterocycles. The smallest absolute Gasteiger partial charge is 0.120 e. The normalized spacial score (nSPS) is 30.9. The highest BCUT2D eigenvalue weighted by molar-refractivity contribution is 5.07. The third-order valence-electron chi connectivity index (χ3n) is 3.64. The van der Waals surface area contributed by atoms with Crippen LogP contribution in [-0.2, 0) is 0 Å². The van der Waals surface area contributed by atoms with Gasteiger partial charge in [0.25, 0.3) is 0 Å². The van der Waals surface area contributed by atoms with Crippen LogP contribution in [-0.4, -0.2) is 17.3 Å². The summed E-state index contributed by atoms with van der Waals surface area (Å²) in [6, 6.07) is 4.44. The minimum absolute atomic E-state index is 0.0269. The molecule has 0 amide bonds. The molecule has 1 aromatic rings. The molecule has 3 heteroatoms. The Morgan fingerprint density at radius 2 is 2.33 bits per heavy atom. The maximum absolute atomic E-state index is 9.63. The van der Waals surface area contributed by atoms with Crippen molar-refractivity contribution in [1.29, 1.82) is 0 Å². The Bertz CT molecular complexity index is 318.